The summed E-state index contributed by atoms with van der Waals surface area (Å²) in [6.07, 6.45) is -2.15. The quantitative estimate of drug-likeness (QED) is 0.0345. The maximum Gasteiger partial charge on any atom is 0.338 e. The van der Waals surface area contributed by atoms with E-state index in [1.54, 1.807) is 91.0 Å². The molecule has 0 saturated carbocycles. The highest BCUT2D eigenvalue weighted by molar-refractivity contribution is 5.98. The first-order valence-electron chi connectivity index (χ1n) is 18.8. The van der Waals surface area contributed by atoms with Gasteiger partial charge in [-0.25, -0.2) is 4.79 Å². The highest BCUT2D eigenvalue weighted by Gasteiger charge is 2.31. The van der Waals surface area contributed by atoms with E-state index < -0.39 is 29.9 Å². The Hall–Kier alpha value is -6.49. The van der Waals surface area contributed by atoms with E-state index in [9.17, 15) is 33.6 Å². The number of esters is 3. The molecule has 0 N–H and O–H groups in total. The fourth-order valence-electron chi connectivity index (χ4n) is 6.72. The summed E-state index contributed by atoms with van der Waals surface area (Å²) in [5.41, 5.74) is 3.59. The smallest absolute Gasteiger partial charge is 0.338 e. The van der Waals surface area contributed by atoms with Gasteiger partial charge in [0.2, 0.25) is 0 Å². The Labute approximate surface area is 338 Å². The zero-order chi connectivity index (χ0) is 42.2. The summed E-state index contributed by atoms with van der Waals surface area (Å²) in [4.78, 5) is 91.4. The molecule has 0 aliphatic carbocycles. The van der Waals surface area contributed by atoms with E-state index in [0.29, 0.717) is 44.7 Å². The van der Waals surface area contributed by atoms with Crippen LogP contribution in [-0.2, 0) is 63.8 Å². The molecule has 0 aliphatic rings. The average Bonchev–Trinajstić information content (AvgIpc) is 3.21. The normalized spacial score (nSPS) is 11.7. The minimum absolute atomic E-state index is 0.0378. The van der Waals surface area contributed by atoms with Crippen molar-refractivity contribution in [2.45, 2.75) is 64.9 Å². The minimum atomic E-state index is -1.10. The molecule has 302 valence electrons. The standard InChI is InChI=1S/C47H48O11/c1-30(48)40-18-10-6-14-33(40)24-38(50)22-23-44(58-46(53)28-35-16-8-12-20-42(35)32(3)55-4)37(26-39(51)25-34-15-7-11-19-41(34)31(2)49)29-57-45(52)27-36-17-9-13-21-43(36)47(54)56-5/h6-21,37,44H,3,22-29H2,1-2,4-5H3. The van der Waals surface area contributed by atoms with Crippen LogP contribution in [0.4, 0.5) is 0 Å². The van der Waals surface area contributed by atoms with Gasteiger partial charge in [-0.05, 0) is 48.6 Å². The second-order valence-electron chi connectivity index (χ2n) is 13.9. The van der Waals surface area contributed by atoms with Crippen LogP contribution in [0.2, 0.25) is 0 Å². The van der Waals surface area contributed by atoms with E-state index in [-0.39, 0.29) is 80.2 Å². The van der Waals surface area contributed by atoms with Crippen molar-refractivity contribution in [3.63, 3.8) is 0 Å². The number of benzene rings is 4. The largest absolute Gasteiger partial charge is 0.497 e. The molecule has 0 heterocycles. The van der Waals surface area contributed by atoms with Gasteiger partial charge in [0.05, 0.1) is 39.2 Å². The van der Waals surface area contributed by atoms with Gasteiger partial charge in [0.1, 0.15) is 23.4 Å². The molecule has 0 spiro atoms. The molecular weight excluding hydrogens is 741 g/mol. The molecule has 0 saturated heterocycles. The van der Waals surface area contributed by atoms with Crippen molar-refractivity contribution in [2.75, 3.05) is 20.8 Å². The molecule has 4 rings (SSSR count). The second kappa shape index (κ2) is 21.7. The van der Waals surface area contributed by atoms with Gasteiger partial charge in [-0.15, -0.1) is 0 Å². The predicted molar refractivity (Wildman–Crippen MR) is 216 cm³/mol. The number of rotatable bonds is 22. The number of methoxy groups -OCH3 is 2. The maximum absolute atomic E-state index is 13.8. The van der Waals surface area contributed by atoms with Crippen molar-refractivity contribution in [2.24, 2.45) is 5.92 Å². The third kappa shape index (κ3) is 12.8. The third-order valence-electron chi connectivity index (χ3n) is 9.69. The first kappa shape index (κ1) is 44.2. The van der Waals surface area contributed by atoms with Gasteiger partial charge in [-0.1, -0.05) is 97.6 Å². The molecule has 11 nitrogen and oxygen atoms in total. The molecule has 2 atom stereocenters. The molecule has 0 aliphatic heterocycles. The van der Waals surface area contributed by atoms with Gasteiger partial charge in [0.15, 0.2) is 11.6 Å². The van der Waals surface area contributed by atoms with Crippen LogP contribution in [0.15, 0.2) is 104 Å². The second-order valence-corrected chi connectivity index (χ2v) is 13.9. The number of hydrogen-bond donors (Lipinski definition) is 0. The number of ether oxygens (including phenoxy) is 4. The van der Waals surface area contributed by atoms with E-state index in [2.05, 4.69) is 6.58 Å². The lowest BCUT2D eigenvalue weighted by atomic mass is 9.89. The molecule has 0 aromatic heterocycles. The van der Waals surface area contributed by atoms with Gasteiger partial charge in [0.25, 0.3) is 0 Å². The fraction of sp³-hybridized carbons (Fsp3) is 0.298. The highest BCUT2D eigenvalue weighted by atomic mass is 16.6. The topological polar surface area (TPSA) is 156 Å². The summed E-state index contributed by atoms with van der Waals surface area (Å²) in [5.74, 6) is -3.58. The summed E-state index contributed by atoms with van der Waals surface area (Å²) >= 11 is 0. The molecule has 11 heteroatoms. The molecule has 0 radical (unpaired) electrons. The Morgan fingerprint density at radius 3 is 1.52 bits per heavy atom. The first-order valence-corrected chi connectivity index (χ1v) is 18.8. The number of Topliss-reactive ketones (excluding diaryl/α,β-unsaturated/α-hetero) is 4. The van der Waals surface area contributed by atoms with Gasteiger partial charge in [0, 0.05) is 48.3 Å². The van der Waals surface area contributed by atoms with Gasteiger partial charge in [-0.2, -0.15) is 0 Å². The number of hydrogen-bond acceptors (Lipinski definition) is 11. The molecule has 4 aromatic carbocycles. The van der Waals surface area contributed by atoms with Crippen LogP contribution in [0.25, 0.3) is 5.76 Å². The Kier molecular flexibility index (Phi) is 16.6. The van der Waals surface area contributed by atoms with Crippen LogP contribution in [0.3, 0.4) is 0 Å². The fourth-order valence-corrected chi connectivity index (χ4v) is 6.72. The van der Waals surface area contributed by atoms with Crippen LogP contribution >= 0.6 is 0 Å². The van der Waals surface area contributed by atoms with Crippen molar-refractivity contribution in [3.05, 3.63) is 148 Å². The summed E-state index contributed by atoms with van der Waals surface area (Å²) in [7, 11) is 2.69. The molecule has 0 fully saturated rings. The van der Waals surface area contributed by atoms with E-state index >= 15 is 0 Å². The Balaban J connectivity index is 1.65. The molecule has 0 bridgehead atoms. The first-order chi connectivity index (χ1) is 27.8. The lowest BCUT2D eigenvalue weighted by molar-refractivity contribution is -0.157. The minimum Gasteiger partial charge on any atom is -0.497 e. The van der Waals surface area contributed by atoms with Crippen LogP contribution in [0, 0.1) is 5.92 Å². The summed E-state index contributed by atoms with van der Waals surface area (Å²) < 4.78 is 22.0. The summed E-state index contributed by atoms with van der Waals surface area (Å²) in [6, 6.07) is 27.0. The Bertz CT molecular complexity index is 2160. The summed E-state index contributed by atoms with van der Waals surface area (Å²) in [5, 5.41) is 0. The predicted octanol–water partition coefficient (Wildman–Crippen LogP) is 7.15. The van der Waals surface area contributed by atoms with Crippen molar-refractivity contribution >= 4 is 46.8 Å². The maximum atomic E-state index is 13.8. The molecule has 4 aromatic rings. The zero-order valence-electron chi connectivity index (χ0n) is 33.2. The lowest BCUT2D eigenvalue weighted by Crippen LogP contribution is -2.34. The average molecular weight is 789 g/mol. The van der Waals surface area contributed by atoms with Crippen LogP contribution in [0.1, 0.15) is 92.0 Å². The Morgan fingerprint density at radius 1 is 0.552 bits per heavy atom. The SMILES string of the molecule is C=C(OC)c1ccccc1CC(=O)OC(CCC(=O)Cc1ccccc1C(C)=O)C(COC(=O)Cc1ccccc1C(=O)OC)CC(=O)Cc1ccccc1C(C)=O. The van der Waals surface area contributed by atoms with Crippen molar-refractivity contribution in [1.82, 2.24) is 0 Å². The molecule has 2 unspecified atom stereocenters. The van der Waals surface area contributed by atoms with Crippen molar-refractivity contribution in [3.8, 4) is 0 Å². The third-order valence-corrected chi connectivity index (χ3v) is 9.69. The van der Waals surface area contributed by atoms with Crippen molar-refractivity contribution in [1.29, 1.82) is 0 Å². The highest BCUT2D eigenvalue weighted by Crippen LogP contribution is 2.25. The Morgan fingerprint density at radius 2 is 1.00 bits per heavy atom. The van der Waals surface area contributed by atoms with Gasteiger partial charge in [-0.3, -0.25) is 28.8 Å². The van der Waals surface area contributed by atoms with Crippen LogP contribution in [0.5, 0.6) is 0 Å². The van der Waals surface area contributed by atoms with Crippen LogP contribution < -0.4 is 0 Å². The molecule has 0 amide bonds. The zero-order valence-corrected chi connectivity index (χ0v) is 33.2. The van der Waals surface area contributed by atoms with E-state index in [0.717, 1.165) is 0 Å². The molecule has 58 heavy (non-hydrogen) atoms. The monoisotopic (exact) mass is 788 g/mol. The van der Waals surface area contributed by atoms with Crippen molar-refractivity contribution < 1.29 is 52.5 Å². The number of carbonyl (C=O) groups excluding carboxylic acids is 7. The van der Waals surface area contributed by atoms with E-state index in [1.165, 1.54) is 34.1 Å². The van der Waals surface area contributed by atoms with Crippen LogP contribution in [-0.4, -0.2) is 68.0 Å². The number of carbonyl (C=O) groups is 7. The lowest BCUT2D eigenvalue weighted by Gasteiger charge is -2.27. The number of ketones is 4. The van der Waals surface area contributed by atoms with E-state index in [4.69, 9.17) is 18.9 Å². The van der Waals surface area contributed by atoms with Gasteiger partial charge >= 0.3 is 17.9 Å². The van der Waals surface area contributed by atoms with Gasteiger partial charge < -0.3 is 18.9 Å². The summed E-state index contributed by atoms with van der Waals surface area (Å²) in [6.45, 7) is 6.36. The molecular formula is C47H48O11. The van der Waals surface area contributed by atoms with E-state index in [1.807, 2.05) is 0 Å².